The van der Waals surface area contributed by atoms with Crippen LogP contribution in [-0.4, -0.2) is 42.3 Å². The molecule has 2 aromatic carbocycles. The van der Waals surface area contributed by atoms with Gasteiger partial charge in [-0.05, 0) is 55.0 Å². The quantitative estimate of drug-likeness (QED) is 0.694. The summed E-state index contributed by atoms with van der Waals surface area (Å²) in [6, 6.07) is 14.7. The fourth-order valence-corrected chi connectivity index (χ4v) is 3.52. The van der Waals surface area contributed by atoms with E-state index in [1.54, 1.807) is 36.3 Å². The molecule has 0 atom stereocenters. The number of rotatable bonds is 5. The highest BCUT2D eigenvalue weighted by molar-refractivity contribution is 6.09. The van der Waals surface area contributed by atoms with Crippen LogP contribution in [0.5, 0.6) is 5.75 Å². The molecule has 1 aliphatic rings. The molecule has 1 aliphatic heterocycles. The van der Waals surface area contributed by atoms with Gasteiger partial charge in [-0.15, -0.1) is 0 Å². The number of carbonyl (C=O) groups excluding carboxylic acids is 2. The van der Waals surface area contributed by atoms with Gasteiger partial charge in [-0.25, -0.2) is 4.68 Å². The highest BCUT2D eigenvalue weighted by atomic mass is 16.5. The third kappa shape index (κ3) is 3.18. The second kappa shape index (κ2) is 7.31. The number of hydrogen-bond donors (Lipinski definition) is 2. The maximum atomic E-state index is 13.4. The van der Waals surface area contributed by atoms with Gasteiger partial charge < -0.3 is 20.7 Å². The van der Waals surface area contributed by atoms with Crippen molar-refractivity contribution in [3.63, 3.8) is 0 Å². The normalized spacial score (nSPS) is 13.2. The zero-order valence-corrected chi connectivity index (χ0v) is 16.2. The van der Waals surface area contributed by atoms with Gasteiger partial charge in [0, 0.05) is 30.5 Å². The number of amides is 2. The van der Waals surface area contributed by atoms with Gasteiger partial charge in [0.05, 0.1) is 12.8 Å². The Morgan fingerprint density at radius 1 is 1.10 bits per heavy atom. The predicted octanol–water partition coefficient (Wildman–Crippen LogP) is 2.22. The van der Waals surface area contributed by atoms with Crippen molar-refractivity contribution >= 4 is 23.2 Å². The van der Waals surface area contributed by atoms with E-state index in [9.17, 15) is 9.59 Å². The molecule has 148 valence electrons. The van der Waals surface area contributed by atoms with Crippen LogP contribution in [0, 0.1) is 0 Å². The van der Waals surface area contributed by atoms with E-state index < -0.39 is 5.91 Å². The number of ether oxygens (including phenoxy) is 1. The van der Waals surface area contributed by atoms with Crippen molar-refractivity contribution in [2.24, 2.45) is 5.73 Å². The molecule has 2 heterocycles. The van der Waals surface area contributed by atoms with Crippen LogP contribution in [0.15, 0.2) is 48.5 Å². The van der Waals surface area contributed by atoms with Gasteiger partial charge in [0.2, 0.25) is 0 Å². The minimum atomic E-state index is -0.645. The molecule has 0 saturated heterocycles. The monoisotopic (exact) mass is 391 g/mol. The van der Waals surface area contributed by atoms with Gasteiger partial charge >= 0.3 is 0 Å². The minimum Gasteiger partial charge on any atom is -0.497 e. The Morgan fingerprint density at radius 3 is 2.34 bits per heavy atom. The van der Waals surface area contributed by atoms with Gasteiger partial charge in [0.25, 0.3) is 11.8 Å². The molecule has 8 nitrogen and oxygen atoms in total. The zero-order chi connectivity index (χ0) is 20.5. The Kier molecular flexibility index (Phi) is 4.67. The number of aromatic nitrogens is 2. The lowest BCUT2D eigenvalue weighted by atomic mass is 10.0. The van der Waals surface area contributed by atoms with Gasteiger partial charge in [0.15, 0.2) is 5.69 Å². The van der Waals surface area contributed by atoms with Crippen LogP contribution in [0.1, 0.15) is 26.5 Å². The topological polar surface area (TPSA) is 102 Å². The van der Waals surface area contributed by atoms with Gasteiger partial charge in [0.1, 0.15) is 11.4 Å². The number of nitrogens with one attached hydrogen (secondary N) is 1. The number of primary amides is 1. The van der Waals surface area contributed by atoms with E-state index in [1.807, 2.05) is 31.3 Å². The molecule has 2 amide bonds. The second-order valence-electron chi connectivity index (χ2n) is 6.65. The van der Waals surface area contributed by atoms with E-state index in [1.165, 1.54) is 4.68 Å². The summed E-state index contributed by atoms with van der Waals surface area (Å²) in [4.78, 5) is 27.0. The molecule has 0 saturated carbocycles. The summed E-state index contributed by atoms with van der Waals surface area (Å²) in [6.45, 7) is 0.444. The molecule has 0 fully saturated rings. The highest BCUT2D eigenvalue weighted by Crippen LogP contribution is 2.29. The maximum Gasteiger partial charge on any atom is 0.277 e. The molecular weight excluding hydrogens is 370 g/mol. The minimum absolute atomic E-state index is 0.134. The fraction of sp³-hybridized carbons (Fsp3) is 0.190. The molecule has 29 heavy (non-hydrogen) atoms. The number of hydrogen-bond acceptors (Lipinski definition) is 5. The largest absolute Gasteiger partial charge is 0.497 e. The average Bonchev–Trinajstić information content (AvgIpc) is 3.15. The van der Waals surface area contributed by atoms with Gasteiger partial charge in [-0.3, -0.25) is 9.59 Å². The van der Waals surface area contributed by atoms with Crippen molar-refractivity contribution in [3.05, 3.63) is 65.5 Å². The maximum absolute atomic E-state index is 13.4. The van der Waals surface area contributed by atoms with Crippen LogP contribution in [0.2, 0.25) is 0 Å². The van der Waals surface area contributed by atoms with E-state index in [0.29, 0.717) is 35.7 Å². The molecule has 3 N–H and O–H groups in total. The molecular formula is C21H21N5O3. The third-order valence-electron chi connectivity index (χ3n) is 5.03. The molecule has 0 radical (unpaired) electrons. The van der Waals surface area contributed by atoms with Crippen molar-refractivity contribution in [2.45, 2.75) is 6.42 Å². The number of benzene rings is 2. The van der Waals surface area contributed by atoms with E-state index in [4.69, 9.17) is 10.5 Å². The lowest BCUT2D eigenvalue weighted by Gasteiger charge is -2.28. The smallest absolute Gasteiger partial charge is 0.277 e. The third-order valence-corrected chi connectivity index (χ3v) is 5.03. The predicted molar refractivity (Wildman–Crippen MR) is 110 cm³/mol. The van der Waals surface area contributed by atoms with Crippen LogP contribution in [0.4, 0.5) is 11.4 Å². The molecule has 0 unspecified atom stereocenters. The first-order chi connectivity index (χ1) is 14.0. The Balaban J connectivity index is 1.80. The Labute approximate surface area is 167 Å². The number of nitrogens with two attached hydrogens (primary N) is 1. The number of nitrogens with zero attached hydrogens (tertiary/aromatic N) is 3. The molecule has 3 aromatic rings. The lowest BCUT2D eigenvalue weighted by molar-refractivity contribution is 0.0972. The molecule has 4 rings (SSSR count). The summed E-state index contributed by atoms with van der Waals surface area (Å²) in [6.07, 6.45) is 0.489. The Morgan fingerprint density at radius 2 is 1.76 bits per heavy atom. The fourth-order valence-electron chi connectivity index (χ4n) is 3.52. The summed E-state index contributed by atoms with van der Waals surface area (Å²) in [7, 11) is 3.42. The van der Waals surface area contributed by atoms with E-state index in [-0.39, 0.29) is 11.6 Å². The molecule has 0 bridgehead atoms. The molecule has 0 spiro atoms. The highest BCUT2D eigenvalue weighted by Gasteiger charge is 2.34. The van der Waals surface area contributed by atoms with Crippen molar-refractivity contribution in [1.29, 1.82) is 0 Å². The van der Waals surface area contributed by atoms with Crippen LogP contribution in [0.25, 0.3) is 5.69 Å². The van der Waals surface area contributed by atoms with Crippen LogP contribution < -0.4 is 20.7 Å². The zero-order valence-electron chi connectivity index (χ0n) is 16.2. The van der Waals surface area contributed by atoms with E-state index in [2.05, 4.69) is 10.4 Å². The van der Waals surface area contributed by atoms with E-state index >= 15 is 0 Å². The first kappa shape index (κ1) is 18.5. The van der Waals surface area contributed by atoms with Gasteiger partial charge in [-0.1, -0.05) is 0 Å². The number of methoxy groups -OCH3 is 1. The first-order valence-corrected chi connectivity index (χ1v) is 9.19. The summed E-state index contributed by atoms with van der Waals surface area (Å²) in [5, 5.41) is 7.43. The summed E-state index contributed by atoms with van der Waals surface area (Å²) < 4.78 is 6.68. The standard InChI is InChI=1S/C21H21N5O3/c1-23-13-3-5-14(6-4-13)25-12-11-17-18(20(22)27)24-26(19(17)21(25)28)15-7-9-16(29-2)10-8-15/h3-10,23H,11-12H2,1-2H3,(H2,22,27). The number of carbonyl (C=O) groups is 2. The molecule has 0 aliphatic carbocycles. The van der Waals surface area contributed by atoms with Crippen LogP contribution >= 0.6 is 0 Å². The first-order valence-electron chi connectivity index (χ1n) is 9.19. The summed E-state index contributed by atoms with van der Waals surface area (Å²) >= 11 is 0. The molecule has 8 heteroatoms. The van der Waals surface area contributed by atoms with Crippen molar-refractivity contribution in [3.8, 4) is 11.4 Å². The van der Waals surface area contributed by atoms with Crippen LogP contribution in [0.3, 0.4) is 0 Å². The number of anilines is 2. The molecule has 1 aromatic heterocycles. The second-order valence-corrected chi connectivity index (χ2v) is 6.65. The van der Waals surface area contributed by atoms with Crippen molar-refractivity contribution in [1.82, 2.24) is 9.78 Å². The lowest BCUT2D eigenvalue weighted by Crippen LogP contribution is -2.39. The van der Waals surface area contributed by atoms with E-state index in [0.717, 1.165) is 11.4 Å². The Hall–Kier alpha value is -3.81. The van der Waals surface area contributed by atoms with Gasteiger partial charge in [-0.2, -0.15) is 5.10 Å². The summed E-state index contributed by atoms with van der Waals surface area (Å²) in [5.74, 6) is -0.185. The summed E-state index contributed by atoms with van der Waals surface area (Å²) in [5.41, 5.74) is 8.99. The Bertz CT molecular complexity index is 1070. The SMILES string of the molecule is CNc1ccc(N2CCc3c(C(N)=O)nn(-c4ccc(OC)cc4)c3C2=O)cc1. The average molecular weight is 391 g/mol. The number of fused-ring (bicyclic) bond motifs is 1. The van der Waals surface area contributed by atoms with Crippen molar-refractivity contribution < 1.29 is 14.3 Å². The van der Waals surface area contributed by atoms with Crippen LogP contribution in [-0.2, 0) is 6.42 Å². The van der Waals surface area contributed by atoms with Crippen molar-refractivity contribution in [2.75, 3.05) is 30.9 Å².